The van der Waals surface area contributed by atoms with Gasteiger partial charge in [-0.3, -0.25) is 0 Å². The first-order valence-electron chi connectivity index (χ1n) is 3.98. The summed E-state index contributed by atoms with van der Waals surface area (Å²) in [6, 6.07) is 3.94. The van der Waals surface area contributed by atoms with Crippen LogP contribution in [0.4, 0.5) is 0 Å². The van der Waals surface area contributed by atoms with Crippen molar-refractivity contribution in [3.63, 3.8) is 0 Å². The number of benzene rings is 1. The highest BCUT2D eigenvalue weighted by atomic mass is 32.2. The van der Waals surface area contributed by atoms with E-state index in [1.807, 2.05) is 19.2 Å². The highest BCUT2D eigenvalue weighted by molar-refractivity contribution is 7.99. The molecule has 0 spiro atoms. The second-order valence-corrected chi connectivity index (χ2v) is 4.64. The number of thioether (sulfide) groups is 1. The molecule has 0 fully saturated rings. The number of thiophene rings is 1. The number of fused-ring (bicyclic) bond motifs is 1. The van der Waals surface area contributed by atoms with Crippen LogP contribution in [-0.2, 0) is 0 Å². The van der Waals surface area contributed by atoms with Crippen LogP contribution in [-0.4, -0.2) is 11.4 Å². The van der Waals surface area contributed by atoms with Gasteiger partial charge in [-0.15, -0.1) is 23.1 Å². The van der Waals surface area contributed by atoms with Gasteiger partial charge in [-0.25, -0.2) is 0 Å². The highest BCUT2D eigenvalue weighted by Gasteiger charge is 2.09. The summed E-state index contributed by atoms with van der Waals surface area (Å²) in [6.45, 7) is 2.03. The van der Waals surface area contributed by atoms with Crippen molar-refractivity contribution < 1.29 is 5.11 Å². The van der Waals surface area contributed by atoms with Crippen molar-refractivity contribution in [1.82, 2.24) is 0 Å². The molecule has 2 rings (SSSR count). The average Bonchev–Trinajstić information content (AvgIpc) is 2.53. The summed E-state index contributed by atoms with van der Waals surface area (Å²) in [5, 5.41) is 13.0. The third-order valence-corrected chi connectivity index (χ3v) is 3.97. The first-order chi connectivity index (χ1) is 6.24. The van der Waals surface area contributed by atoms with E-state index in [0.717, 1.165) is 10.5 Å². The fourth-order valence-electron chi connectivity index (χ4n) is 1.46. The maximum absolute atomic E-state index is 9.69. The number of hydrogen-bond acceptors (Lipinski definition) is 3. The van der Waals surface area contributed by atoms with E-state index in [1.165, 1.54) is 10.1 Å². The zero-order chi connectivity index (χ0) is 9.42. The van der Waals surface area contributed by atoms with Crippen LogP contribution >= 0.6 is 23.1 Å². The molecular formula is C10H10OS2. The van der Waals surface area contributed by atoms with E-state index in [9.17, 15) is 5.11 Å². The molecule has 2 aromatic rings. The molecule has 13 heavy (non-hydrogen) atoms. The smallest absolute Gasteiger partial charge is 0.130 e. The van der Waals surface area contributed by atoms with E-state index in [2.05, 4.69) is 11.4 Å². The molecular weight excluding hydrogens is 200 g/mol. The summed E-state index contributed by atoms with van der Waals surface area (Å²) in [5.41, 5.74) is 1.14. The van der Waals surface area contributed by atoms with Crippen molar-refractivity contribution in [3.8, 4) is 5.75 Å². The summed E-state index contributed by atoms with van der Waals surface area (Å²) in [6.07, 6.45) is 1.99. The maximum Gasteiger partial charge on any atom is 0.130 e. The van der Waals surface area contributed by atoms with Gasteiger partial charge in [0.05, 0.1) is 9.60 Å². The minimum Gasteiger partial charge on any atom is -0.507 e. The van der Waals surface area contributed by atoms with Crippen LogP contribution < -0.4 is 0 Å². The van der Waals surface area contributed by atoms with Gasteiger partial charge in [0, 0.05) is 0 Å². The molecule has 0 saturated heterocycles. The molecule has 1 nitrogen and oxygen atoms in total. The van der Waals surface area contributed by atoms with Crippen molar-refractivity contribution >= 4 is 33.2 Å². The zero-order valence-corrected chi connectivity index (χ0v) is 9.13. The van der Waals surface area contributed by atoms with E-state index in [1.54, 1.807) is 23.1 Å². The predicted molar refractivity (Wildman–Crippen MR) is 60.0 cm³/mol. The Morgan fingerprint density at radius 2 is 2.23 bits per heavy atom. The van der Waals surface area contributed by atoms with Gasteiger partial charge in [0.1, 0.15) is 5.75 Å². The molecule has 68 valence electrons. The second kappa shape index (κ2) is 3.24. The van der Waals surface area contributed by atoms with Crippen LogP contribution in [0, 0.1) is 6.92 Å². The van der Waals surface area contributed by atoms with E-state index in [4.69, 9.17) is 0 Å². The second-order valence-electron chi connectivity index (χ2n) is 2.91. The van der Waals surface area contributed by atoms with Gasteiger partial charge < -0.3 is 5.11 Å². The molecule has 1 N–H and O–H groups in total. The van der Waals surface area contributed by atoms with Crippen molar-refractivity contribution in [3.05, 3.63) is 23.1 Å². The van der Waals surface area contributed by atoms with Crippen molar-refractivity contribution in [2.75, 3.05) is 6.26 Å². The molecule has 0 aliphatic rings. The van der Waals surface area contributed by atoms with Gasteiger partial charge in [-0.2, -0.15) is 0 Å². The van der Waals surface area contributed by atoms with Gasteiger partial charge in [-0.05, 0) is 41.6 Å². The fourth-order valence-corrected chi connectivity index (χ4v) is 3.32. The van der Waals surface area contributed by atoms with Crippen LogP contribution in [0.15, 0.2) is 22.4 Å². The highest BCUT2D eigenvalue weighted by Crippen LogP contribution is 2.39. The third kappa shape index (κ3) is 1.32. The Labute approximate surface area is 85.4 Å². The summed E-state index contributed by atoms with van der Waals surface area (Å²) in [4.78, 5) is 0.996. The summed E-state index contributed by atoms with van der Waals surface area (Å²) >= 11 is 3.28. The molecule has 0 unspecified atom stereocenters. The van der Waals surface area contributed by atoms with Crippen molar-refractivity contribution in [2.45, 2.75) is 11.8 Å². The minimum atomic E-state index is 0.403. The van der Waals surface area contributed by atoms with Gasteiger partial charge in [-0.1, -0.05) is 0 Å². The minimum absolute atomic E-state index is 0.403. The van der Waals surface area contributed by atoms with Crippen molar-refractivity contribution in [1.29, 1.82) is 0 Å². The molecule has 0 aliphatic carbocycles. The molecule has 0 bridgehead atoms. The number of rotatable bonds is 1. The quantitative estimate of drug-likeness (QED) is 0.725. The lowest BCUT2D eigenvalue weighted by Crippen LogP contribution is -1.78. The number of aryl methyl sites for hydroxylation is 1. The normalized spacial score (nSPS) is 10.9. The van der Waals surface area contributed by atoms with E-state index in [0.29, 0.717) is 5.75 Å². The van der Waals surface area contributed by atoms with Crippen LogP contribution in [0.3, 0.4) is 0 Å². The van der Waals surface area contributed by atoms with Crippen LogP contribution in [0.1, 0.15) is 5.56 Å². The summed E-state index contributed by atoms with van der Waals surface area (Å²) < 4.78 is 1.20. The van der Waals surface area contributed by atoms with Crippen LogP contribution in [0.5, 0.6) is 5.75 Å². The molecule has 0 aliphatic heterocycles. The molecule has 0 saturated carbocycles. The van der Waals surface area contributed by atoms with E-state index in [-0.39, 0.29) is 0 Å². The first kappa shape index (κ1) is 8.91. The molecule has 1 heterocycles. The Balaban J connectivity index is 2.88. The number of phenolic OH excluding ortho intramolecular Hbond substituents is 1. The topological polar surface area (TPSA) is 20.2 Å². The van der Waals surface area contributed by atoms with E-state index < -0.39 is 0 Å². The Hall–Kier alpha value is -0.670. The molecule has 1 aromatic carbocycles. The Bertz CT molecular complexity index is 445. The van der Waals surface area contributed by atoms with Gasteiger partial charge >= 0.3 is 0 Å². The van der Waals surface area contributed by atoms with Gasteiger partial charge in [0.15, 0.2) is 0 Å². The lowest BCUT2D eigenvalue weighted by atomic mass is 10.1. The maximum atomic E-state index is 9.69. The van der Waals surface area contributed by atoms with Gasteiger partial charge in [0.2, 0.25) is 0 Å². The zero-order valence-electron chi connectivity index (χ0n) is 7.50. The predicted octanol–water partition coefficient (Wildman–Crippen LogP) is 3.64. The van der Waals surface area contributed by atoms with Gasteiger partial charge in [0.25, 0.3) is 0 Å². The molecule has 0 amide bonds. The SMILES string of the molecule is CSc1c(O)cc(C)c2ccsc12. The van der Waals surface area contributed by atoms with Crippen molar-refractivity contribution in [2.24, 2.45) is 0 Å². The average molecular weight is 210 g/mol. The van der Waals surface area contributed by atoms with E-state index >= 15 is 0 Å². The fraction of sp³-hybridized carbons (Fsp3) is 0.200. The standard InChI is InChI=1S/C10H10OS2/c1-6-5-8(11)10(12-2)9-7(6)3-4-13-9/h3-5,11H,1-2H3. The Morgan fingerprint density at radius 3 is 2.92 bits per heavy atom. The number of aromatic hydroxyl groups is 1. The first-order valence-corrected chi connectivity index (χ1v) is 6.08. The number of hydrogen-bond donors (Lipinski definition) is 1. The Morgan fingerprint density at radius 1 is 1.46 bits per heavy atom. The molecule has 0 atom stereocenters. The molecule has 1 aromatic heterocycles. The number of phenols is 1. The lowest BCUT2D eigenvalue weighted by molar-refractivity contribution is 0.464. The monoisotopic (exact) mass is 210 g/mol. The van der Waals surface area contributed by atoms with Crippen LogP contribution in [0.2, 0.25) is 0 Å². The lowest BCUT2D eigenvalue weighted by Gasteiger charge is -2.04. The summed E-state index contributed by atoms with van der Waals surface area (Å²) in [7, 11) is 0. The Kier molecular flexibility index (Phi) is 2.22. The molecule has 3 heteroatoms. The third-order valence-electron chi connectivity index (χ3n) is 2.09. The molecule has 0 radical (unpaired) electrons. The summed E-state index contributed by atoms with van der Waals surface area (Å²) in [5.74, 6) is 0.403. The largest absolute Gasteiger partial charge is 0.507 e. The van der Waals surface area contributed by atoms with Crippen LogP contribution in [0.25, 0.3) is 10.1 Å².